The molecule has 15 heavy (non-hydrogen) atoms. The van der Waals surface area contributed by atoms with Crippen molar-refractivity contribution in [1.82, 2.24) is 10.2 Å². The molecule has 0 aliphatic carbocycles. The number of nitrogens with one attached hydrogen (secondary N) is 1. The highest BCUT2D eigenvalue weighted by Crippen LogP contribution is 2.11. The average Bonchev–Trinajstić information content (AvgIpc) is 2.42. The van der Waals surface area contributed by atoms with Gasteiger partial charge in [-0.3, -0.25) is 9.59 Å². The zero-order chi connectivity index (χ0) is 11.3. The number of ether oxygens (including phenoxy) is 1. The first-order valence-corrected chi connectivity index (χ1v) is 5.95. The van der Waals surface area contributed by atoms with E-state index < -0.39 is 0 Å². The van der Waals surface area contributed by atoms with Crippen LogP contribution in [0.15, 0.2) is 0 Å². The number of amides is 1. The molecule has 6 heteroatoms. The fourth-order valence-corrected chi connectivity index (χ4v) is 2.42. The number of thioether (sulfide) groups is 1. The van der Waals surface area contributed by atoms with E-state index in [0.717, 1.165) is 11.5 Å². The number of carbonyl (C=O) groups is 2. The maximum Gasteiger partial charge on any atom is 0.325 e. The first-order chi connectivity index (χ1) is 7.19. The smallest absolute Gasteiger partial charge is 0.325 e. The summed E-state index contributed by atoms with van der Waals surface area (Å²) in [6.07, 6.45) is 0. The van der Waals surface area contributed by atoms with Crippen LogP contribution in [0, 0.1) is 0 Å². The fraction of sp³-hybridized carbons (Fsp3) is 0.778. The quantitative estimate of drug-likeness (QED) is 0.654. The number of esters is 1. The van der Waals surface area contributed by atoms with Gasteiger partial charge in [-0.15, -0.1) is 0 Å². The highest BCUT2D eigenvalue weighted by Gasteiger charge is 2.27. The van der Waals surface area contributed by atoms with E-state index in [1.165, 1.54) is 7.11 Å². The predicted molar refractivity (Wildman–Crippen MR) is 58.8 cm³/mol. The van der Waals surface area contributed by atoms with Gasteiger partial charge in [-0.25, -0.2) is 0 Å². The molecule has 1 saturated heterocycles. The molecule has 1 rings (SSSR count). The van der Waals surface area contributed by atoms with E-state index in [4.69, 9.17) is 0 Å². The zero-order valence-corrected chi connectivity index (χ0v) is 9.80. The number of nitrogens with zero attached hydrogens (tertiary/aromatic N) is 1. The third-order valence-corrected chi connectivity index (χ3v) is 3.34. The van der Waals surface area contributed by atoms with Crippen LogP contribution in [0.2, 0.25) is 0 Å². The molecule has 1 aliphatic rings. The Balaban J connectivity index is 2.60. The van der Waals surface area contributed by atoms with Crippen LogP contribution in [0.4, 0.5) is 0 Å². The average molecular weight is 232 g/mol. The van der Waals surface area contributed by atoms with Crippen molar-refractivity contribution in [3.05, 3.63) is 0 Å². The summed E-state index contributed by atoms with van der Waals surface area (Å²) in [5.74, 6) is 1.23. The summed E-state index contributed by atoms with van der Waals surface area (Å²) in [5, 5.41) is 2.95. The normalized spacial score (nSPS) is 22.4. The second-order valence-corrected chi connectivity index (χ2v) is 4.40. The van der Waals surface area contributed by atoms with Crippen molar-refractivity contribution in [1.29, 1.82) is 0 Å². The molecule has 1 heterocycles. The van der Waals surface area contributed by atoms with Gasteiger partial charge in [0, 0.05) is 18.1 Å². The summed E-state index contributed by atoms with van der Waals surface area (Å²) in [6.45, 7) is 0.658. The van der Waals surface area contributed by atoms with Crippen LogP contribution < -0.4 is 5.32 Å². The molecule has 5 nitrogen and oxygen atoms in total. The van der Waals surface area contributed by atoms with Gasteiger partial charge in [-0.05, 0) is 7.05 Å². The molecule has 0 spiro atoms. The van der Waals surface area contributed by atoms with Gasteiger partial charge in [0.15, 0.2) is 0 Å². The Bertz CT molecular complexity index is 248. The molecule has 1 aliphatic heterocycles. The van der Waals surface area contributed by atoms with Crippen LogP contribution in [-0.2, 0) is 14.3 Å². The molecule has 1 amide bonds. The van der Waals surface area contributed by atoms with Crippen molar-refractivity contribution < 1.29 is 14.3 Å². The Morgan fingerprint density at radius 3 is 3.07 bits per heavy atom. The zero-order valence-electron chi connectivity index (χ0n) is 8.99. The van der Waals surface area contributed by atoms with Crippen molar-refractivity contribution in [3.8, 4) is 0 Å². The van der Waals surface area contributed by atoms with Crippen molar-refractivity contribution in [3.63, 3.8) is 0 Å². The minimum Gasteiger partial charge on any atom is -0.468 e. The van der Waals surface area contributed by atoms with Crippen molar-refractivity contribution in [2.75, 3.05) is 38.8 Å². The van der Waals surface area contributed by atoms with Gasteiger partial charge in [0.25, 0.3) is 0 Å². The van der Waals surface area contributed by atoms with E-state index in [0.29, 0.717) is 6.54 Å². The predicted octanol–water partition coefficient (Wildman–Crippen LogP) is -0.677. The third kappa shape index (κ3) is 3.39. The van der Waals surface area contributed by atoms with E-state index in [9.17, 15) is 9.59 Å². The molecule has 0 bridgehead atoms. The van der Waals surface area contributed by atoms with Gasteiger partial charge in [0.05, 0.1) is 13.2 Å². The Morgan fingerprint density at radius 1 is 1.73 bits per heavy atom. The maximum absolute atomic E-state index is 11.9. The summed E-state index contributed by atoms with van der Waals surface area (Å²) in [7, 11) is 3.08. The summed E-state index contributed by atoms with van der Waals surface area (Å²) in [4.78, 5) is 24.5. The Hall–Kier alpha value is -0.750. The largest absolute Gasteiger partial charge is 0.468 e. The summed E-state index contributed by atoms with van der Waals surface area (Å²) >= 11 is 1.71. The number of likely N-dealkylation sites (N-methyl/N-ethyl adjacent to an activating group) is 1. The molecule has 1 atom stereocenters. The van der Waals surface area contributed by atoms with E-state index in [1.807, 2.05) is 0 Å². The minimum absolute atomic E-state index is 0.0205. The molecule has 0 radical (unpaired) electrons. The molecule has 86 valence electrons. The topological polar surface area (TPSA) is 58.6 Å². The Morgan fingerprint density at radius 2 is 2.47 bits per heavy atom. The highest BCUT2D eigenvalue weighted by atomic mass is 32.2. The van der Waals surface area contributed by atoms with E-state index in [2.05, 4.69) is 10.1 Å². The maximum atomic E-state index is 11.9. The van der Waals surface area contributed by atoms with Crippen LogP contribution in [0.1, 0.15) is 0 Å². The van der Waals surface area contributed by atoms with E-state index >= 15 is 0 Å². The van der Waals surface area contributed by atoms with Gasteiger partial charge in [-0.1, -0.05) is 0 Å². The molecule has 1 N–H and O–H groups in total. The van der Waals surface area contributed by atoms with E-state index in [-0.39, 0.29) is 24.5 Å². The lowest BCUT2D eigenvalue weighted by Crippen LogP contribution is -2.47. The van der Waals surface area contributed by atoms with Crippen molar-refractivity contribution >= 4 is 23.6 Å². The molecular weight excluding hydrogens is 216 g/mol. The first kappa shape index (κ1) is 12.3. The van der Waals surface area contributed by atoms with E-state index in [1.54, 1.807) is 23.7 Å². The van der Waals surface area contributed by atoms with Gasteiger partial charge >= 0.3 is 5.97 Å². The summed E-state index contributed by atoms with van der Waals surface area (Å²) in [6, 6.07) is -0.192. The number of carbonyl (C=O) groups excluding carboxylic acids is 2. The van der Waals surface area contributed by atoms with Crippen LogP contribution in [0.25, 0.3) is 0 Å². The van der Waals surface area contributed by atoms with Crippen LogP contribution >= 0.6 is 11.8 Å². The summed E-state index contributed by atoms with van der Waals surface area (Å²) < 4.78 is 4.55. The number of hydrogen-bond acceptors (Lipinski definition) is 5. The van der Waals surface area contributed by atoms with Crippen molar-refractivity contribution in [2.45, 2.75) is 6.04 Å². The number of rotatable bonds is 3. The first-order valence-electron chi connectivity index (χ1n) is 4.79. The van der Waals surface area contributed by atoms with Gasteiger partial charge in [0.2, 0.25) is 5.91 Å². The fourth-order valence-electron chi connectivity index (χ4n) is 1.36. The van der Waals surface area contributed by atoms with Crippen LogP contribution in [0.5, 0.6) is 0 Å². The SMILES string of the molecule is CNC1CSCCN(CC(=O)OC)C1=O. The number of methoxy groups -OCH3 is 1. The third-order valence-electron chi connectivity index (χ3n) is 2.30. The van der Waals surface area contributed by atoms with Gasteiger partial charge in [-0.2, -0.15) is 11.8 Å². The molecule has 1 fully saturated rings. The second kappa shape index (κ2) is 5.97. The molecule has 0 aromatic rings. The molecular formula is C9H16N2O3S. The molecule has 0 aromatic heterocycles. The Kier molecular flexibility index (Phi) is 4.90. The highest BCUT2D eigenvalue weighted by molar-refractivity contribution is 7.99. The van der Waals surface area contributed by atoms with Crippen molar-refractivity contribution in [2.24, 2.45) is 0 Å². The molecule has 1 unspecified atom stereocenters. The van der Waals surface area contributed by atoms with Gasteiger partial charge in [0.1, 0.15) is 6.54 Å². The summed E-state index contributed by atoms with van der Waals surface area (Å²) in [5.41, 5.74) is 0. The standard InChI is InChI=1S/C9H16N2O3S/c1-10-7-6-15-4-3-11(9(7)13)5-8(12)14-2/h7,10H,3-6H2,1-2H3. The van der Waals surface area contributed by atoms with Crippen LogP contribution in [0.3, 0.4) is 0 Å². The van der Waals surface area contributed by atoms with Gasteiger partial charge < -0.3 is 15.0 Å². The lowest BCUT2D eigenvalue weighted by Gasteiger charge is -2.22. The molecule has 0 saturated carbocycles. The Labute approximate surface area is 93.5 Å². The number of hydrogen-bond donors (Lipinski definition) is 1. The second-order valence-electron chi connectivity index (χ2n) is 3.25. The van der Waals surface area contributed by atoms with Crippen LogP contribution in [-0.4, -0.2) is 61.6 Å². The lowest BCUT2D eigenvalue weighted by atomic mass is 10.3. The minimum atomic E-state index is -0.370. The molecule has 0 aromatic carbocycles. The monoisotopic (exact) mass is 232 g/mol. The lowest BCUT2D eigenvalue weighted by molar-refractivity contribution is -0.147.